The number of benzene rings is 3. The van der Waals surface area contributed by atoms with Gasteiger partial charge in [-0.2, -0.15) is 5.10 Å². The van der Waals surface area contributed by atoms with Crippen LogP contribution in [0.3, 0.4) is 0 Å². The smallest absolute Gasteiger partial charge is 0.325 e. The van der Waals surface area contributed by atoms with Crippen molar-refractivity contribution >= 4 is 23.5 Å². The first-order chi connectivity index (χ1) is 15.5. The molecule has 0 saturated carbocycles. The van der Waals surface area contributed by atoms with Crippen molar-refractivity contribution in [1.82, 2.24) is 10.7 Å². The first kappa shape index (κ1) is 22.4. The van der Waals surface area contributed by atoms with Gasteiger partial charge in [-0.1, -0.05) is 66.7 Å². The fourth-order valence-electron chi connectivity index (χ4n) is 2.72. The van der Waals surface area contributed by atoms with E-state index >= 15 is 0 Å². The predicted octanol–water partition coefficient (Wildman–Crippen LogP) is 2.67. The molecule has 8 heteroatoms. The molecule has 0 aliphatic carbocycles. The molecule has 0 spiro atoms. The maximum atomic E-state index is 13.2. The van der Waals surface area contributed by atoms with Gasteiger partial charge in [-0.05, 0) is 18.2 Å². The summed E-state index contributed by atoms with van der Waals surface area (Å²) in [6, 6.07) is 23.6. The molecule has 3 aromatic rings. The van der Waals surface area contributed by atoms with E-state index in [0.29, 0.717) is 5.71 Å². The first-order valence-electron chi connectivity index (χ1n) is 9.69. The van der Waals surface area contributed by atoms with Crippen molar-refractivity contribution in [2.45, 2.75) is 0 Å². The van der Waals surface area contributed by atoms with Crippen LogP contribution in [0.5, 0.6) is 0 Å². The van der Waals surface area contributed by atoms with Crippen LogP contribution in [0.15, 0.2) is 90.0 Å². The number of rotatable bonds is 8. The Bertz CT molecular complexity index is 1080. The van der Waals surface area contributed by atoms with Gasteiger partial charge < -0.3 is 10.1 Å². The fourth-order valence-corrected chi connectivity index (χ4v) is 2.72. The molecule has 0 aromatic heterocycles. The van der Waals surface area contributed by atoms with Crippen LogP contribution in [-0.2, 0) is 14.3 Å². The first-order valence-corrected chi connectivity index (χ1v) is 9.69. The summed E-state index contributed by atoms with van der Waals surface area (Å²) in [4.78, 5) is 35.8. The SMILES string of the molecule is O=C(COC(=O)CNC(=O)c1cccc(F)c1)NN=C(c1ccccc1)c1ccccc1. The number of nitrogens with zero attached hydrogens (tertiary/aromatic N) is 1. The normalized spacial score (nSPS) is 10.0. The average molecular weight is 433 g/mol. The van der Waals surface area contributed by atoms with Gasteiger partial charge in [0, 0.05) is 16.7 Å². The Morgan fingerprint density at radius 2 is 1.41 bits per heavy atom. The molecule has 0 heterocycles. The second-order valence-corrected chi connectivity index (χ2v) is 6.58. The molecule has 7 nitrogen and oxygen atoms in total. The summed E-state index contributed by atoms with van der Waals surface area (Å²) in [7, 11) is 0. The van der Waals surface area contributed by atoms with E-state index in [9.17, 15) is 18.8 Å². The minimum Gasteiger partial charge on any atom is -0.454 e. The molecule has 0 aliphatic rings. The quantitative estimate of drug-likeness (QED) is 0.324. The van der Waals surface area contributed by atoms with Gasteiger partial charge in [-0.15, -0.1) is 0 Å². The van der Waals surface area contributed by atoms with Crippen molar-refractivity contribution in [2.24, 2.45) is 5.10 Å². The number of hydrogen-bond acceptors (Lipinski definition) is 5. The summed E-state index contributed by atoms with van der Waals surface area (Å²) in [5.41, 5.74) is 4.60. The minimum absolute atomic E-state index is 0.0687. The Morgan fingerprint density at radius 1 is 0.812 bits per heavy atom. The van der Waals surface area contributed by atoms with Gasteiger partial charge in [0.2, 0.25) is 0 Å². The molecule has 2 N–H and O–H groups in total. The van der Waals surface area contributed by atoms with Crippen molar-refractivity contribution in [2.75, 3.05) is 13.2 Å². The standard InChI is InChI=1S/C24H20FN3O4/c25-20-13-7-12-19(14-20)24(31)26-15-22(30)32-16-21(29)27-28-23(17-8-3-1-4-9-17)18-10-5-2-6-11-18/h1-14H,15-16H2,(H,26,31)(H,27,29). The third-order valence-electron chi connectivity index (χ3n) is 4.23. The number of carbonyl (C=O) groups excluding carboxylic acids is 3. The van der Waals surface area contributed by atoms with Gasteiger partial charge in [0.1, 0.15) is 12.4 Å². The Hall–Kier alpha value is -4.33. The molecule has 2 amide bonds. The Morgan fingerprint density at radius 3 is 2.00 bits per heavy atom. The van der Waals surface area contributed by atoms with Crippen molar-refractivity contribution in [1.29, 1.82) is 0 Å². The van der Waals surface area contributed by atoms with Crippen LogP contribution in [0.2, 0.25) is 0 Å². The number of nitrogens with one attached hydrogen (secondary N) is 2. The summed E-state index contributed by atoms with van der Waals surface area (Å²) >= 11 is 0. The molecule has 0 aliphatic heterocycles. The maximum absolute atomic E-state index is 13.2. The van der Waals surface area contributed by atoms with Crippen molar-refractivity contribution in [3.05, 3.63) is 107 Å². The molecule has 0 radical (unpaired) electrons. The topological polar surface area (TPSA) is 96.9 Å². The van der Waals surface area contributed by atoms with Crippen LogP contribution in [0.1, 0.15) is 21.5 Å². The molecule has 0 fully saturated rings. The van der Waals surface area contributed by atoms with Gasteiger partial charge in [0.05, 0.1) is 5.71 Å². The summed E-state index contributed by atoms with van der Waals surface area (Å²) < 4.78 is 18.0. The molecular weight excluding hydrogens is 413 g/mol. The zero-order chi connectivity index (χ0) is 22.8. The monoisotopic (exact) mass is 433 g/mol. The number of esters is 1. The molecule has 0 atom stereocenters. The number of ether oxygens (including phenoxy) is 1. The molecule has 162 valence electrons. The zero-order valence-corrected chi connectivity index (χ0v) is 17.0. The zero-order valence-electron chi connectivity index (χ0n) is 17.0. The van der Waals surface area contributed by atoms with Gasteiger partial charge >= 0.3 is 5.97 Å². The lowest BCUT2D eigenvalue weighted by molar-refractivity contribution is -0.147. The summed E-state index contributed by atoms with van der Waals surface area (Å²) in [6.07, 6.45) is 0. The lowest BCUT2D eigenvalue weighted by Gasteiger charge is -2.09. The van der Waals surface area contributed by atoms with Crippen LogP contribution >= 0.6 is 0 Å². The number of carbonyl (C=O) groups is 3. The summed E-state index contributed by atoms with van der Waals surface area (Å²) in [5, 5.41) is 6.49. The Labute approximate surface area is 183 Å². The van der Waals surface area contributed by atoms with Crippen LogP contribution < -0.4 is 10.7 Å². The number of hydrogen-bond donors (Lipinski definition) is 2. The maximum Gasteiger partial charge on any atom is 0.325 e. The van der Waals surface area contributed by atoms with E-state index in [-0.39, 0.29) is 5.56 Å². The van der Waals surface area contributed by atoms with Crippen molar-refractivity contribution < 1.29 is 23.5 Å². The van der Waals surface area contributed by atoms with E-state index in [0.717, 1.165) is 17.2 Å². The number of halogens is 1. The van der Waals surface area contributed by atoms with E-state index in [1.165, 1.54) is 18.2 Å². The minimum atomic E-state index is -0.819. The highest BCUT2D eigenvalue weighted by Gasteiger charge is 2.12. The molecular formula is C24H20FN3O4. The van der Waals surface area contributed by atoms with Crippen LogP contribution in [-0.4, -0.2) is 36.6 Å². The predicted molar refractivity (Wildman–Crippen MR) is 116 cm³/mol. The van der Waals surface area contributed by atoms with E-state index in [4.69, 9.17) is 4.74 Å². The average Bonchev–Trinajstić information content (AvgIpc) is 2.82. The van der Waals surface area contributed by atoms with Gasteiger partial charge in [-0.3, -0.25) is 14.4 Å². The summed E-state index contributed by atoms with van der Waals surface area (Å²) in [5.74, 6) is -2.66. The van der Waals surface area contributed by atoms with E-state index < -0.39 is 36.8 Å². The van der Waals surface area contributed by atoms with Crippen molar-refractivity contribution in [3.63, 3.8) is 0 Å². The highest BCUT2D eigenvalue weighted by molar-refractivity contribution is 6.13. The third-order valence-corrected chi connectivity index (χ3v) is 4.23. The molecule has 0 saturated heterocycles. The van der Waals surface area contributed by atoms with E-state index in [2.05, 4.69) is 15.8 Å². The number of hydrazone groups is 1. The lowest BCUT2D eigenvalue weighted by atomic mass is 10.0. The molecule has 3 rings (SSSR count). The Balaban J connectivity index is 1.52. The van der Waals surface area contributed by atoms with Gasteiger partial charge in [0.15, 0.2) is 6.61 Å². The van der Waals surface area contributed by atoms with Gasteiger partial charge in [-0.25, -0.2) is 9.82 Å². The highest BCUT2D eigenvalue weighted by atomic mass is 19.1. The van der Waals surface area contributed by atoms with Crippen LogP contribution in [0.25, 0.3) is 0 Å². The molecule has 0 unspecified atom stereocenters. The third kappa shape index (κ3) is 6.60. The van der Waals surface area contributed by atoms with E-state index in [1.807, 2.05) is 60.7 Å². The van der Waals surface area contributed by atoms with Gasteiger partial charge in [0.25, 0.3) is 11.8 Å². The van der Waals surface area contributed by atoms with Crippen molar-refractivity contribution in [3.8, 4) is 0 Å². The molecule has 0 bridgehead atoms. The van der Waals surface area contributed by atoms with E-state index in [1.54, 1.807) is 0 Å². The highest BCUT2D eigenvalue weighted by Crippen LogP contribution is 2.10. The molecule has 3 aromatic carbocycles. The largest absolute Gasteiger partial charge is 0.454 e. The Kier molecular flexibility index (Phi) is 7.80. The van der Waals surface area contributed by atoms with Crippen LogP contribution in [0, 0.1) is 5.82 Å². The lowest BCUT2D eigenvalue weighted by Crippen LogP contribution is -2.33. The number of amides is 2. The second-order valence-electron chi connectivity index (χ2n) is 6.58. The molecule has 32 heavy (non-hydrogen) atoms. The fraction of sp³-hybridized carbons (Fsp3) is 0.0833. The van der Waals surface area contributed by atoms with Crippen LogP contribution in [0.4, 0.5) is 4.39 Å². The second kappa shape index (κ2) is 11.2. The summed E-state index contributed by atoms with van der Waals surface area (Å²) in [6.45, 7) is -1.04.